The minimum absolute atomic E-state index is 0.801. The van der Waals surface area contributed by atoms with E-state index in [4.69, 9.17) is 9.40 Å². The number of furan rings is 1. The van der Waals surface area contributed by atoms with Crippen molar-refractivity contribution in [3.05, 3.63) is 152 Å². The lowest BCUT2D eigenvalue weighted by Gasteiger charge is -2.09. The summed E-state index contributed by atoms with van der Waals surface area (Å²) in [4.78, 5) is 9.59. The van der Waals surface area contributed by atoms with E-state index >= 15 is 0 Å². The highest BCUT2D eigenvalue weighted by molar-refractivity contribution is 6.13. The predicted molar refractivity (Wildman–Crippen MR) is 194 cm³/mol. The highest BCUT2D eigenvalue weighted by atomic mass is 16.3. The summed E-state index contributed by atoms with van der Waals surface area (Å²) in [5.41, 5.74) is 11.5. The van der Waals surface area contributed by atoms with Gasteiger partial charge in [-0.1, -0.05) is 54.6 Å². The van der Waals surface area contributed by atoms with E-state index in [-0.39, 0.29) is 0 Å². The Morgan fingerprint density at radius 2 is 1.19 bits per heavy atom. The van der Waals surface area contributed by atoms with E-state index in [0.29, 0.717) is 0 Å². The molecule has 11 aromatic rings. The van der Waals surface area contributed by atoms with Crippen molar-refractivity contribution < 1.29 is 4.42 Å². The summed E-state index contributed by atoms with van der Waals surface area (Å²) >= 11 is 0. The molecule has 48 heavy (non-hydrogen) atoms. The average molecular weight is 616 g/mol. The molecule has 0 saturated heterocycles. The molecular weight excluding hydrogens is 590 g/mol. The number of para-hydroxylation sites is 2. The van der Waals surface area contributed by atoms with Crippen LogP contribution in [0, 0.1) is 0 Å². The van der Waals surface area contributed by atoms with Crippen LogP contribution < -0.4 is 0 Å². The molecule has 0 aliphatic rings. The van der Waals surface area contributed by atoms with Crippen LogP contribution in [0.25, 0.3) is 94.0 Å². The first-order chi connectivity index (χ1) is 23.8. The Morgan fingerprint density at radius 1 is 0.500 bits per heavy atom. The van der Waals surface area contributed by atoms with Crippen LogP contribution in [0.1, 0.15) is 0 Å². The van der Waals surface area contributed by atoms with Gasteiger partial charge in [0.1, 0.15) is 16.7 Å². The van der Waals surface area contributed by atoms with E-state index in [1.807, 2.05) is 42.7 Å². The van der Waals surface area contributed by atoms with Gasteiger partial charge in [-0.2, -0.15) is 0 Å². The van der Waals surface area contributed by atoms with Crippen molar-refractivity contribution in [3.8, 4) is 22.6 Å². The van der Waals surface area contributed by atoms with Crippen molar-refractivity contribution in [3.63, 3.8) is 0 Å². The zero-order chi connectivity index (χ0) is 31.3. The molecule has 6 heteroatoms. The lowest BCUT2D eigenvalue weighted by Crippen LogP contribution is -1.94. The van der Waals surface area contributed by atoms with E-state index in [0.717, 1.165) is 61.3 Å². The molecule has 0 N–H and O–H groups in total. The van der Waals surface area contributed by atoms with Crippen molar-refractivity contribution in [2.75, 3.05) is 0 Å². The van der Waals surface area contributed by atoms with Crippen LogP contribution >= 0.6 is 0 Å². The monoisotopic (exact) mass is 615 g/mol. The Labute approximate surface area is 273 Å². The number of hydrogen-bond acceptors (Lipinski definition) is 3. The van der Waals surface area contributed by atoms with Crippen molar-refractivity contribution >= 4 is 71.3 Å². The molecule has 6 heterocycles. The van der Waals surface area contributed by atoms with Crippen molar-refractivity contribution in [1.29, 1.82) is 0 Å². The number of rotatable bonds is 3. The molecule has 224 valence electrons. The highest BCUT2D eigenvalue weighted by Crippen LogP contribution is 2.39. The smallest absolute Gasteiger partial charge is 0.156 e. The Kier molecular flexibility index (Phi) is 5.02. The average Bonchev–Trinajstić information content (AvgIpc) is 3.90. The molecule has 0 aliphatic carbocycles. The molecule has 6 aromatic heterocycles. The molecular formula is C42H25N5O. The maximum atomic E-state index is 6.08. The molecule has 0 aliphatic heterocycles. The Balaban J connectivity index is 1.10. The topological polar surface area (TPSA) is 53.2 Å². The minimum atomic E-state index is 0.801. The Hall–Kier alpha value is -6.66. The van der Waals surface area contributed by atoms with E-state index in [2.05, 4.69) is 128 Å². The van der Waals surface area contributed by atoms with Gasteiger partial charge in [-0.05, 0) is 90.0 Å². The van der Waals surface area contributed by atoms with Gasteiger partial charge in [-0.3, -0.25) is 9.55 Å². The third kappa shape index (κ3) is 3.51. The number of imidazole rings is 1. The second-order valence-electron chi connectivity index (χ2n) is 12.4. The molecule has 11 rings (SSSR count). The maximum absolute atomic E-state index is 6.08. The second-order valence-corrected chi connectivity index (χ2v) is 12.4. The quantitative estimate of drug-likeness (QED) is 0.199. The number of nitrogens with zero attached hydrogens (tertiary/aromatic N) is 5. The van der Waals surface area contributed by atoms with Crippen LogP contribution in [0.15, 0.2) is 156 Å². The van der Waals surface area contributed by atoms with Gasteiger partial charge in [0.2, 0.25) is 0 Å². The molecule has 0 amide bonds. The van der Waals surface area contributed by atoms with Crippen LogP contribution in [0.5, 0.6) is 0 Å². The van der Waals surface area contributed by atoms with Gasteiger partial charge in [0.25, 0.3) is 0 Å². The Bertz CT molecular complexity index is 3050. The van der Waals surface area contributed by atoms with Gasteiger partial charge in [0.15, 0.2) is 11.4 Å². The fourth-order valence-electron chi connectivity index (χ4n) is 7.58. The van der Waals surface area contributed by atoms with Gasteiger partial charge < -0.3 is 13.4 Å². The van der Waals surface area contributed by atoms with Crippen molar-refractivity contribution in [1.82, 2.24) is 23.5 Å². The van der Waals surface area contributed by atoms with E-state index < -0.39 is 0 Å². The summed E-state index contributed by atoms with van der Waals surface area (Å²) in [6, 6.07) is 47.2. The van der Waals surface area contributed by atoms with Crippen molar-refractivity contribution in [2.24, 2.45) is 0 Å². The van der Waals surface area contributed by atoms with Gasteiger partial charge in [0.05, 0.1) is 28.3 Å². The fraction of sp³-hybridized carbons (Fsp3) is 0. The number of aromatic nitrogens is 5. The highest BCUT2D eigenvalue weighted by Gasteiger charge is 2.18. The predicted octanol–water partition coefficient (Wildman–Crippen LogP) is 10.5. The second kappa shape index (κ2) is 9.44. The summed E-state index contributed by atoms with van der Waals surface area (Å²) in [5.74, 6) is 0.909. The molecule has 0 unspecified atom stereocenters. The van der Waals surface area contributed by atoms with Gasteiger partial charge in [-0.25, -0.2) is 4.98 Å². The first-order valence-corrected chi connectivity index (χ1v) is 16.1. The fourth-order valence-corrected chi connectivity index (χ4v) is 7.58. The molecule has 0 saturated carbocycles. The Morgan fingerprint density at radius 3 is 1.96 bits per heavy atom. The first-order valence-electron chi connectivity index (χ1n) is 16.1. The SMILES string of the molecule is c1cnc2c(c1)oc1ccc(-n3c4ccccc4c4cc(-c5ccc6c(c5)c5ccccc5n6-c5cn6ccccc6n5)ccc43)cc12. The standard InChI is InChI=1S/C42H25N5O/c1-3-10-34-29(8-1)31-22-26(14-17-36(31)46(34)28-16-19-38-33(24-28)42-39(48-38)12-7-20-43-42)27-15-18-37-32(23-27)30-9-2-4-11-35(30)47(37)41-25-45-21-6-5-13-40(45)44-41/h1-25H. The van der Waals surface area contributed by atoms with Crippen LogP contribution in [0.3, 0.4) is 0 Å². The van der Waals surface area contributed by atoms with Crippen LogP contribution in [-0.4, -0.2) is 23.5 Å². The minimum Gasteiger partial charge on any atom is -0.454 e. The normalized spacial score (nSPS) is 12.2. The molecule has 0 bridgehead atoms. The zero-order valence-electron chi connectivity index (χ0n) is 25.6. The van der Waals surface area contributed by atoms with E-state index in [9.17, 15) is 0 Å². The van der Waals surface area contributed by atoms with Crippen LogP contribution in [0.4, 0.5) is 0 Å². The molecule has 0 atom stereocenters. The molecule has 0 radical (unpaired) electrons. The van der Waals surface area contributed by atoms with Gasteiger partial charge in [0, 0.05) is 45.0 Å². The summed E-state index contributed by atoms with van der Waals surface area (Å²) in [5, 5.41) is 5.86. The van der Waals surface area contributed by atoms with E-state index in [1.165, 1.54) is 32.7 Å². The lowest BCUT2D eigenvalue weighted by molar-refractivity contribution is 0.668. The summed E-state index contributed by atoms with van der Waals surface area (Å²) in [7, 11) is 0. The number of pyridine rings is 2. The third-order valence-corrected chi connectivity index (χ3v) is 9.73. The summed E-state index contributed by atoms with van der Waals surface area (Å²) < 4.78 is 12.8. The van der Waals surface area contributed by atoms with Crippen LogP contribution in [-0.2, 0) is 0 Å². The molecule has 0 fully saturated rings. The van der Waals surface area contributed by atoms with Crippen molar-refractivity contribution in [2.45, 2.75) is 0 Å². The number of fused-ring (bicyclic) bond motifs is 10. The largest absolute Gasteiger partial charge is 0.454 e. The van der Waals surface area contributed by atoms with Gasteiger partial charge in [-0.15, -0.1) is 0 Å². The van der Waals surface area contributed by atoms with E-state index in [1.54, 1.807) is 0 Å². The van der Waals surface area contributed by atoms with Gasteiger partial charge >= 0.3 is 0 Å². The molecule has 6 nitrogen and oxygen atoms in total. The number of benzene rings is 5. The summed E-state index contributed by atoms with van der Waals surface area (Å²) in [6.45, 7) is 0. The zero-order valence-corrected chi connectivity index (χ0v) is 25.6. The third-order valence-electron chi connectivity index (χ3n) is 9.73. The lowest BCUT2D eigenvalue weighted by atomic mass is 10.0. The van der Waals surface area contributed by atoms with Crippen LogP contribution in [0.2, 0.25) is 0 Å². The summed E-state index contributed by atoms with van der Waals surface area (Å²) in [6.07, 6.45) is 5.96. The molecule has 0 spiro atoms. The maximum Gasteiger partial charge on any atom is 0.156 e. The first kappa shape index (κ1) is 25.5. The number of hydrogen-bond donors (Lipinski definition) is 0. The molecule has 5 aromatic carbocycles.